The highest BCUT2D eigenvalue weighted by Gasteiger charge is 2.17. The van der Waals surface area contributed by atoms with Crippen molar-refractivity contribution >= 4 is 29.3 Å². The number of allylic oxidation sites excluding steroid dienone is 1. The van der Waals surface area contributed by atoms with E-state index in [9.17, 15) is 9.59 Å². The van der Waals surface area contributed by atoms with Gasteiger partial charge in [-0.2, -0.15) is 0 Å². The first-order valence-electron chi connectivity index (χ1n) is 9.78. The molecule has 0 bridgehead atoms. The minimum absolute atomic E-state index is 0.304. The summed E-state index contributed by atoms with van der Waals surface area (Å²) in [6.45, 7) is 4.25. The number of benzene rings is 3. The summed E-state index contributed by atoms with van der Waals surface area (Å²) in [5.74, 6) is -0.142. The minimum Gasteiger partial charge on any atom is -0.493 e. The van der Waals surface area contributed by atoms with E-state index >= 15 is 0 Å². The van der Waals surface area contributed by atoms with Crippen molar-refractivity contribution in [3.63, 3.8) is 0 Å². The average molecular weight is 400 g/mol. The van der Waals surface area contributed by atoms with Gasteiger partial charge in [0.1, 0.15) is 5.75 Å². The number of anilines is 2. The van der Waals surface area contributed by atoms with E-state index in [1.807, 2.05) is 56.3 Å². The van der Waals surface area contributed by atoms with Gasteiger partial charge in [0.25, 0.3) is 11.8 Å². The molecule has 152 valence electrons. The Hall–Kier alpha value is -3.86. The summed E-state index contributed by atoms with van der Waals surface area (Å²) in [7, 11) is 0. The predicted octanol–water partition coefficient (Wildman–Crippen LogP) is 5.62. The third kappa shape index (κ3) is 5.14. The number of hydrogen-bond acceptors (Lipinski definition) is 3. The molecule has 0 fully saturated rings. The molecule has 2 N–H and O–H groups in total. The molecule has 0 heterocycles. The van der Waals surface area contributed by atoms with Crippen LogP contribution in [0.1, 0.15) is 40.1 Å². The molecule has 0 aliphatic carbocycles. The minimum atomic E-state index is -0.339. The van der Waals surface area contributed by atoms with Gasteiger partial charge in [-0.15, -0.1) is 0 Å². The molecule has 2 amide bonds. The first-order chi connectivity index (χ1) is 14.6. The molecule has 0 aliphatic heterocycles. The van der Waals surface area contributed by atoms with Crippen molar-refractivity contribution < 1.29 is 14.3 Å². The molecule has 0 aromatic heterocycles. The standard InChI is InChI=1S/C25H24N2O3/c1-3-10-18-11-9-12-19(17-18)26-24(28)20-13-5-7-15-22(20)27-25(29)21-14-6-8-16-23(21)30-4-2/h3,5-17H,4H2,1-2H3,(H,26,28)(H,27,29). The summed E-state index contributed by atoms with van der Waals surface area (Å²) in [4.78, 5) is 25.7. The maximum Gasteiger partial charge on any atom is 0.259 e. The highest BCUT2D eigenvalue weighted by atomic mass is 16.5. The average Bonchev–Trinajstić information content (AvgIpc) is 2.75. The van der Waals surface area contributed by atoms with Gasteiger partial charge in [-0.1, -0.05) is 48.6 Å². The topological polar surface area (TPSA) is 67.4 Å². The molecule has 0 unspecified atom stereocenters. The van der Waals surface area contributed by atoms with E-state index in [1.54, 1.807) is 42.5 Å². The van der Waals surface area contributed by atoms with Crippen molar-refractivity contribution in [2.24, 2.45) is 0 Å². The Labute approximate surface area is 176 Å². The van der Waals surface area contributed by atoms with Crippen LogP contribution in [0.15, 0.2) is 78.9 Å². The van der Waals surface area contributed by atoms with Gasteiger partial charge in [-0.3, -0.25) is 9.59 Å². The summed E-state index contributed by atoms with van der Waals surface area (Å²) < 4.78 is 5.54. The molecule has 3 aromatic carbocycles. The second-order valence-electron chi connectivity index (χ2n) is 6.51. The Morgan fingerprint density at radius 1 is 0.867 bits per heavy atom. The van der Waals surface area contributed by atoms with Gasteiger partial charge < -0.3 is 15.4 Å². The van der Waals surface area contributed by atoms with Crippen LogP contribution in [0.3, 0.4) is 0 Å². The third-order valence-corrected chi connectivity index (χ3v) is 4.36. The molecule has 3 rings (SSSR count). The first-order valence-corrected chi connectivity index (χ1v) is 9.78. The van der Waals surface area contributed by atoms with Crippen molar-refractivity contribution in [3.8, 4) is 5.75 Å². The Morgan fingerprint density at radius 2 is 1.57 bits per heavy atom. The van der Waals surface area contributed by atoms with Gasteiger partial charge in [0.2, 0.25) is 0 Å². The van der Waals surface area contributed by atoms with Crippen LogP contribution in [-0.4, -0.2) is 18.4 Å². The number of amides is 2. The Bertz CT molecular complexity index is 1070. The monoisotopic (exact) mass is 400 g/mol. The fourth-order valence-corrected chi connectivity index (χ4v) is 3.03. The molecular weight excluding hydrogens is 376 g/mol. The lowest BCUT2D eigenvalue weighted by Crippen LogP contribution is -2.19. The van der Waals surface area contributed by atoms with Gasteiger partial charge >= 0.3 is 0 Å². The van der Waals surface area contributed by atoms with E-state index in [4.69, 9.17) is 4.74 Å². The van der Waals surface area contributed by atoms with Crippen LogP contribution in [0.5, 0.6) is 5.75 Å². The molecule has 0 aliphatic rings. The summed E-state index contributed by atoms with van der Waals surface area (Å²) in [6, 6.07) is 21.5. The van der Waals surface area contributed by atoms with Gasteiger partial charge in [0, 0.05) is 5.69 Å². The van der Waals surface area contributed by atoms with Crippen LogP contribution in [-0.2, 0) is 0 Å². The van der Waals surface area contributed by atoms with E-state index < -0.39 is 0 Å². The summed E-state index contributed by atoms with van der Waals surface area (Å²) in [6.07, 6.45) is 3.89. The molecule has 0 radical (unpaired) electrons. The molecule has 30 heavy (non-hydrogen) atoms. The van der Waals surface area contributed by atoms with Crippen LogP contribution in [0, 0.1) is 0 Å². The van der Waals surface area contributed by atoms with Crippen LogP contribution in [0.25, 0.3) is 6.08 Å². The Morgan fingerprint density at radius 3 is 2.33 bits per heavy atom. The van der Waals surface area contributed by atoms with Crippen LogP contribution < -0.4 is 15.4 Å². The normalized spacial score (nSPS) is 10.6. The largest absolute Gasteiger partial charge is 0.493 e. The first kappa shape index (κ1) is 20.9. The van der Waals surface area contributed by atoms with E-state index in [2.05, 4.69) is 10.6 Å². The summed E-state index contributed by atoms with van der Waals surface area (Å²) >= 11 is 0. The zero-order chi connectivity index (χ0) is 21.3. The molecule has 3 aromatic rings. The van der Waals surface area contributed by atoms with E-state index in [0.29, 0.717) is 34.9 Å². The van der Waals surface area contributed by atoms with Gasteiger partial charge in [0.05, 0.1) is 23.4 Å². The van der Waals surface area contributed by atoms with Gasteiger partial charge in [-0.25, -0.2) is 0 Å². The van der Waals surface area contributed by atoms with Crippen LogP contribution >= 0.6 is 0 Å². The number of nitrogens with one attached hydrogen (secondary N) is 2. The number of carbonyl (C=O) groups is 2. The van der Waals surface area contributed by atoms with Crippen molar-refractivity contribution in [1.29, 1.82) is 0 Å². The number of rotatable bonds is 7. The molecule has 0 saturated carbocycles. The fraction of sp³-hybridized carbons (Fsp3) is 0.120. The second-order valence-corrected chi connectivity index (χ2v) is 6.51. The van der Waals surface area contributed by atoms with E-state index in [1.165, 1.54) is 0 Å². The van der Waals surface area contributed by atoms with Gasteiger partial charge in [-0.05, 0) is 55.8 Å². The maximum absolute atomic E-state index is 12.9. The molecular formula is C25H24N2O3. The number of para-hydroxylation sites is 2. The molecule has 0 spiro atoms. The van der Waals surface area contributed by atoms with Crippen molar-refractivity contribution in [2.45, 2.75) is 13.8 Å². The zero-order valence-corrected chi connectivity index (χ0v) is 17.0. The van der Waals surface area contributed by atoms with Crippen molar-refractivity contribution in [2.75, 3.05) is 17.2 Å². The van der Waals surface area contributed by atoms with Gasteiger partial charge in [0.15, 0.2) is 0 Å². The van der Waals surface area contributed by atoms with E-state index in [0.717, 1.165) is 5.56 Å². The number of carbonyl (C=O) groups excluding carboxylic acids is 2. The predicted molar refractivity (Wildman–Crippen MR) is 121 cm³/mol. The molecule has 5 nitrogen and oxygen atoms in total. The third-order valence-electron chi connectivity index (χ3n) is 4.36. The second kappa shape index (κ2) is 10.1. The lowest BCUT2D eigenvalue weighted by Gasteiger charge is -2.13. The van der Waals surface area contributed by atoms with Crippen LogP contribution in [0.2, 0.25) is 0 Å². The molecule has 0 atom stereocenters. The number of ether oxygens (including phenoxy) is 1. The Balaban J connectivity index is 1.81. The van der Waals surface area contributed by atoms with Crippen LogP contribution in [0.4, 0.5) is 11.4 Å². The highest BCUT2D eigenvalue weighted by molar-refractivity contribution is 6.13. The maximum atomic E-state index is 12.9. The zero-order valence-electron chi connectivity index (χ0n) is 17.0. The Kier molecular flexibility index (Phi) is 7.00. The van der Waals surface area contributed by atoms with Crippen molar-refractivity contribution in [1.82, 2.24) is 0 Å². The molecule has 0 saturated heterocycles. The SMILES string of the molecule is CC=Cc1cccc(NC(=O)c2ccccc2NC(=O)c2ccccc2OCC)c1. The summed E-state index contributed by atoms with van der Waals surface area (Å²) in [5.41, 5.74) is 2.88. The smallest absolute Gasteiger partial charge is 0.259 e. The fourth-order valence-electron chi connectivity index (χ4n) is 3.03. The highest BCUT2D eigenvalue weighted by Crippen LogP contribution is 2.22. The lowest BCUT2D eigenvalue weighted by atomic mass is 10.1. The number of hydrogen-bond donors (Lipinski definition) is 2. The van der Waals surface area contributed by atoms with Crippen molar-refractivity contribution in [3.05, 3.63) is 95.6 Å². The van der Waals surface area contributed by atoms with E-state index in [-0.39, 0.29) is 11.8 Å². The molecule has 5 heteroatoms. The lowest BCUT2D eigenvalue weighted by molar-refractivity contribution is 0.102. The quantitative estimate of drug-likeness (QED) is 0.541. The summed E-state index contributed by atoms with van der Waals surface area (Å²) in [5, 5.41) is 5.73.